The van der Waals surface area contributed by atoms with Gasteiger partial charge in [-0.15, -0.1) is 0 Å². The number of hydrogen-bond acceptors (Lipinski definition) is 2. The van der Waals surface area contributed by atoms with E-state index in [-0.39, 0.29) is 6.15 Å². The highest BCUT2D eigenvalue weighted by Crippen LogP contribution is 2.46. The molecule has 2 aliphatic rings. The molecule has 0 spiro atoms. The average Bonchev–Trinajstić information content (AvgIpc) is 3.10. The van der Waals surface area contributed by atoms with Crippen LogP contribution in [0.25, 0.3) is 0 Å². The molecule has 1 aliphatic carbocycles. The molecule has 2 heteroatoms. The quantitative estimate of drug-likeness (QED) is 0.861. The molecule has 1 aromatic rings. The summed E-state index contributed by atoms with van der Waals surface area (Å²) < 4.78 is 0. The van der Waals surface area contributed by atoms with Crippen molar-refractivity contribution in [2.24, 2.45) is 5.41 Å². The second-order valence-corrected chi connectivity index (χ2v) is 6.52. The fraction of sp³-hybridized carbons (Fsp3) is 0.625. The predicted octanol–water partition coefficient (Wildman–Crippen LogP) is 3.83. The minimum absolute atomic E-state index is 0. The van der Waals surface area contributed by atoms with Crippen LogP contribution < -0.4 is 6.15 Å². The Morgan fingerprint density at radius 2 is 1.67 bits per heavy atom. The summed E-state index contributed by atoms with van der Waals surface area (Å²) in [6.07, 6.45) is 4.11. The van der Waals surface area contributed by atoms with Crippen molar-refractivity contribution in [3.05, 3.63) is 35.9 Å². The number of benzene rings is 1. The van der Waals surface area contributed by atoms with Crippen molar-refractivity contribution in [3.8, 4) is 0 Å². The first-order chi connectivity index (χ1) is 8.16. The summed E-state index contributed by atoms with van der Waals surface area (Å²) in [5, 5.41) is 0. The van der Waals surface area contributed by atoms with E-state index in [0.717, 1.165) is 12.0 Å². The first-order valence-electron chi connectivity index (χ1n) is 6.95. The van der Waals surface area contributed by atoms with E-state index in [1.54, 1.807) is 5.56 Å². The first kappa shape index (κ1) is 13.6. The van der Waals surface area contributed by atoms with Crippen LogP contribution in [0.4, 0.5) is 0 Å². The molecule has 2 fully saturated rings. The molecule has 1 aromatic carbocycles. The van der Waals surface area contributed by atoms with E-state index in [0.29, 0.717) is 5.41 Å². The molecule has 1 saturated heterocycles. The van der Waals surface area contributed by atoms with Crippen molar-refractivity contribution < 1.29 is 0 Å². The van der Waals surface area contributed by atoms with Crippen molar-refractivity contribution >= 4 is 0 Å². The summed E-state index contributed by atoms with van der Waals surface area (Å²) in [7, 11) is 0. The fourth-order valence-electron chi connectivity index (χ4n) is 3.10. The van der Waals surface area contributed by atoms with Crippen LogP contribution in [0.15, 0.2) is 30.3 Å². The SMILES string of the molecule is CC1(C)CCN(C2CC2c2ccccc2)CC1.N. The van der Waals surface area contributed by atoms with Crippen LogP contribution in [0, 0.1) is 5.41 Å². The molecule has 1 aliphatic heterocycles. The van der Waals surface area contributed by atoms with Crippen LogP contribution in [0.1, 0.15) is 44.6 Å². The molecule has 18 heavy (non-hydrogen) atoms. The lowest BCUT2D eigenvalue weighted by Crippen LogP contribution is -2.39. The lowest BCUT2D eigenvalue weighted by atomic mass is 9.82. The monoisotopic (exact) mass is 246 g/mol. The molecule has 1 heterocycles. The number of piperidine rings is 1. The van der Waals surface area contributed by atoms with Crippen molar-refractivity contribution in [2.75, 3.05) is 13.1 Å². The van der Waals surface area contributed by atoms with Gasteiger partial charge in [0.2, 0.25) is 0 Å². The average molecular weight is 246 g/mol. The van der Waals surface area contributed by atoms with Crippen LogP contribution in [0.5, 0.6) is 0 Å². The zero-order valence-electron chi connectivity index (χ0n) is 11.7. The molecule has 100 valence electrons. The minimum Gasteiger partial charge on any atom is -0.344 e. The fourth-order valence-corrected chi connectivity index (χ4v) is 3.10. The summed E-state index contributed by atoms with van der Waals surface area (Å²) >= 11 is 0. The summed E-state index contributed by atoms with van der Waals surface area (Å²) in [5.74, 6) is 0.817. The second-order valence-electron chi connectivity index (χ2n) is 6.52. The molecule has 2 atom stereocenters. The summed E-state index contributed by atoms with van der Waals surface area (Å²) in [5.41, 5.74) is 2.12. The topological polar surface area (TPSA) is 38.2 Å². The van der Waals surface area contributed by atoms with Crippen LogP contribution in [0.2, 0.25) is 0 Å². The maximum atomic E-state index is 2.73. The molecule has 0 amide bonds. The Morgan fingerprint density at radius 3 is 2.28 bits per heavy atom. The molecule has 0 radical (unpaired) electrons. The van der Waals surface area contributed by atoms with Gasteiger partial charge in [-0.1, -0.05) is 44.2 Å². The van der Waals surface area contributed by atoms with E-state index in [4.69, 9.17) is 0 Å². The number of hydrogen-bond donors (Lipinski definition) is 1. The van der Waals surface area contributed by atoms with Crippen molar-refractivity contribution in [1.29, 1.82) is 0 Å². The molecular formula is C16H26N2. The highest BCUT2D eigenvalue weighted by Gasteiger charge is 2.44. The molecule has 0 bridgehead atoms. The summed E-state index contributed by atoms with van der Waals surface area (Å²) in [6.45, 7) is 7.43. The molecule has 1 saturated carbocycles. The molecule has 2 nitrogen and oxygen atoms in total. The van der Waals surface area contributed by atoms with Gasteiger partial charge in [-0.3, -0.25) is 4.90 Å². The normalized spacial score (nSPS) is 30.6. The van der Waals surface area contributed by atoms with Crippen molar-refractivity contribution in [3.63, 3.8) is 0 Å². The molecule has 2 unspecified atom stereocenters. The lowest BCUT2D eigenvalue weighted by molar-refractivity contribution is 0.124. The Balaban J connectivity index is 0.00000120. The van der Waals surface area contributed by atoms with Crippen molar-refractivity contribution in [1.82, 2.24) is 11.1 Å². The summed E-state index contributed by atoms with van der Waals surface area (Å²) in [6, 6.07) is 11.9. The van der Waals surface area contributed by atoms with Crippen LogP contribution in [0.3, 0.4) is 0 Å². The number of likely N-dealkylation sites (tertiary alicyclic amines) is 1. The van der Waals surface area contributed by atoms with E-state index in [2.05, 4.69) is 49.1 Å². The smallest absolute Gasteiger partial charge is 0.0171 e. The lowest BCUT2D eigenvalue weighted by Gasteiger charge is -2.37. The van der Waals surface area contributed by atoms with Gasteiger partial charge >= 0.3 is 0 Å². The first-order valence-corrected chi connectivity index (χ1v) is 6.95. The van der Waals surface area contributed by atoms with Gasteiger partial charge in [-0.2, -0.15) is 0 Å². The van der Waals surface area contributed by atoms with Gasteiger partial charge in [-0.05, 0) is 43.3 Å². The molecule has 3 rings (SSSR count). The van der Waals surface area contributed by atoms with Gasteiger partial charge in [0.15, 0.2) is 0 Å². The van der Waals surface area contributed by atoms with Crippen LogP contribution >= 0.6 is 0 Å². The third-order valence-corrected chi connectivity index (χ3v) is 4.61. The zero-order valence-corrected chi connectivity index (χ0v) is 11.7. The van der Waals surface area contributed by atoms with E-state index in [1.807, 2.05) is 0 Å². The van der Waals surface area contributed by atoms with Crippen LogP contribution in [-0.2, 0) is 0 Å². The molecular weight excluding hydrogens is 220 g/mol. The largest absolute Gasteiger partial charge is 0.344 e. The molecule has 0 aromatic heterocycles. The van der Waals surface area contributed by atoms with E-state index >= 15 is 0 Å². The van der Waals surface area contributed by atoms with Crippen LogP contribution in [-0.4, -0.2) is 24.0 Å². The number of rotatable bonds is 2. The second kappa shape index (κ2) is 5.02. The highest BCUT2D eigenvalue weighted by atomic mass is 15.2. The van der Waals surface area contributed by atoms with Crippen molar-refractivity contribution in [2.45, 2.75) is 45.1 Å². The zero-order chi connectivity index (χ0) is 11.9. The van der Waals surface area contributed by atoms with Gasteiger partial charge in [0.25, 0.3) is 0 Å². The maximum absolute atomic E-state index is 2.73. The van der Waals surface area contributed by atoms with Gasteiger partial charge in [0.05, 0.1) is 0 Å². The predicted molar refractivity (Wildman–Crippen MR) is 77.2 cm³/mol. The maximum Gasteiger partial charge on any atom is 0.0171 e. The highest BCUT2D eigenvalue weighted by molar-refractivity contribution is 5.27. The standard InChI is InChI=1S/C16H23N.H3N/c1-16(2)8-10-17(11-9-16)15-12-14(15)13-6-4-3-5-7-13;/h3-7,14-15H,8-12H2,1-2H3;1H3. The Hall–Kier alpha value is -0.860. The third-order valence-electron chi connectivity index (χ3n) is 4.61. The van der Waals surface area contributed by atoms with Gasteiger partial charge < -0.3 is 6.15 Å². The third kappa shape index (κ3) is 2.76. The number of nitrogens with zero attached hydrogens (tertiary/aromatic N) is 1. The minimum atomic E-state index is 0. The van der Waals surface area contributed by atoms with E-state index in [1.165, 1.54) is 32.4 Å². The van der Waals surface area contributed by atoms with Gasteiger partial charge in [0, 0.05) is 12.0 Å². The molecule has 3 N–H and O–H groups in total. The Bertz CT molecular complexity index is 375. The van der Waals surface area contributed by atoms with Gasteiger partial charge in [-0.25, -0.2) is 0 Å². The van der Waals surface area contributed by atoms with E-state index in [9.17, 15) is 0 Å². The Kier molecular flexibility index (Phi) is 3.79. The van der Waals surface area contributed by atoms with Gasteiger partial charge in [0.1, 0.15) is 0 Å². The summed E-state index contributed by atoms with van der Waals surface area (Å²) in [4.78, 5) is 2.73. The Labute approximate surface area is 111 Å². The van der Waals surface area contributed by atoms with E-state index < -0.39 is 0 Å². The Morgan fingerprint density at radius 1 is 1.06 bits per heavy atom.